The highest BCUT2D eigenvalue weighted by Crippen LogP contribution is 2.14. The van der Waals surface area contributed by atoms with Gasteiger partial charge in [-0.15, -0.1) is 0 Å². The van der Waals surface area contributed by atoms with Crippen LogP contribution >= 0.6 is 0 Å². The van der Waals surface area contributed by atoms with Crippen LogP contribution in [0.15, 0.2) is 30.3 Å². The highest BCUT2D eigenvalue weighted by molar-refractivity contribution is 6.99. The second kappa shape index (κ2) is 5.92. The standard InChI is InChI=1S/C14H24BNSi2/c1-17(2,3)16(18(4,5)6)15-13-12-14-10-8-7-9-11-14/h7-11,15H,1-6H3/q+1. The Labute approximate surface area is 115 Å². The van der Waals surface area contributed by atoms with Gasteiger partial charge >= 0.3 is 7.41 Å². The zero-order valence-electron chi connectivity index (χ0n) is 12.5. The Morgan fingerprint density at radius 3 is 1.83 bits per heavy atom. The number of hydrogen-bond acceptors (Lipinski definition) is 1. The van der Waals surface area contributed by atoms with Gasteiger partial charge in [0.05, 0.1) is 0 Å². The summed E-state index contributed by atoms with van der Waals surface area (Å²) < 4.78 is 2.70. The van der Waals surface area contributed by atoms with E-state index in [1.54, 1.807) is 0 Å². The molecule has 1 radical (unpaired) electrons. The van der Waals surface area contributed by atoms with Gasteiger partial charge in [0, 0.05) is 5.56 Å². The molecule has 18 heavy (non-hydrogen) atoms. The molecule has 1 rings (SSSR count). The third-order valence-corrected chi connectivity index (χ3v) is 10.4. The molecule has 0 aliphatic rings. The zero-order chi connectivity index (χ0) is 13.8. The van der Waals surface area contributed by atoms with E-state index in [2.05, 4.69) is 67.3 Å². The van der Waals surface area contributed by atoms with Gasteiger partial charge < -0.3 is 4.14 Å². The highest BCUT2D eigenvalue weighted by atomic mass is 28.4. The maximum Gasteiger partial charge on any atom is 0.484 e. The van der Waals surface area contributed by atoms with Crippen LogP contribution in [-0.4, -0.2) is 23.9 Å². The van der Waals surface area contributed by atoms with Gasteiger partial charge in [0.2, 0.25) is 0 Å². The van der Waals surface area contributed by atoms with Crippen LogP contribution < -0.4 is 4.14 Å². The Bertz CT molecular complexity index is 421. The fraction of sp³-hybridized carbons (Fsp3) is 0.429. The molecule has 0 atom stereocenters. The lowest BCUT2D eigenvalue weighted by Crippen LogP contribution is -2.65. The van der Waals surface area contributed by atoms with Crippen molar-refractivity contribution in [2.75, 3.05) is 0 Å². The Kier molecular flexibility index (Phi) is 5.03. The monoisotopic (exact) mass is 273 g/mol. The molecule has 95 valence electrons. The normalized spacial score (nSPS) is 11.9. The molecule has 0 saturated heterocycles. The molecule has 1 aromatic rings. The minimum atomic E-state index is -1.27. The van der Waals surface area contributed by atoms with Gasteiger partial charge in [0.25, 0.3) is 16.5 Å². The fourth-order valence-electron chi connectivity index (χ4n) is 2.22. The van der Waals surface area contributed by atoms with Crippen LogP contribution in [0.5, 0.6) is 0 Å². The van der Waals surface area contributed by atoms with E-state index < -0.39 is 16.5 Å². The van der Waals surface area contributed by atoms with E-state index in [0.717, 1.165) is 13.0 Å². The molecule has 0 N–H and O–H groups in total. The second-order valence-corrected chi connectivity index (χ2v) is 16.8. The molecule has 0 aromatic heterocycles. The smallest absolute Gasteiger partial charge is 0.393 e. The molecule has 0 aliphatic carbocycles. The second-order valence-electron chi connectivity index (χ2n) is 6.60. The van der Waals surface area contributed by atoms with Crippen molar-refractivity contribution in [3.63, 3.8) is 0 Å². The lowest BCUT2D eigenvalue weighted by atomic mass is 9.98. The summed E-state index contributed by atoms with van der Waals surface area (Å²) >= 11 is 0. The molecule has 0 heterocycles. The Balaban J connectivity index is 2.79. The van der Waals surface area contributed by atoms with Gasteiger partial charge in [-0.2, -0.15) is 0 Å². The van der Waals surface area contributed by atoms with Crippen molar-refractivity contribution in [2.24, 2.45) is 0 Å². The lowest BCUT2D eigenvalue weighted by Gasteiger charge is -2.33. The summed E-state index contributed by atoms with van der Waals surface area (Å²) in [6.07, 6.45) is 0. The number of nitrogens with zero attached hydrogens (tertiary/aromatic N) is 1. The van der Waals surface area contributed by atoms with E-state index in [1.165, 1.54) is 0 Å². The van der Waals surface area contributed by atoms with Crippen molar-refractivity contribution in [1.82, 2.24) is 4.14 Å². The minimum Gasteiger partial charge on any atom is -0.393 e. The van der Waals surface area contributed by atoms with Gasteiger partial charge in [0.15, 0.2) is 0 Å². The van der Waals surface area contributed by atoms with Crippen LogP contribution in [0.2, 0.25) is 39.3 Å². The third kappa shape index (κ3) is 4.85. The van der Waals surface area contributed by atoms with E-state index in [4.69, 9.17) is 0 Å². The molecule has 0 spiro atoms. The largest absolute Gasteiger partial charge is 0.484 e. The number of benzene rings is 1. The molecule has 4 heteroatoms. The first-order chi connectivity index (χ1) is 8.21. The van der Waals surface area contributed by atoms with Crippen LogP contribution in [0.25, 0.3) is 0 Å². The van der Waals surface area contributed by atoms with Crippen molar-refractivity contribution < 1.29 is 0 Å². The van der Waals surface area contributed by atoms with Gasteiger partial charge in [-0.3, -0.25) is 0 Å². The predicted molar refractivity (Wildman–Crippen MR) is 89.3 cm³/mol. The number of rotatable bonds is 3. The molecular weight excluding hydrogens is 249 g/mol. The van der Waals surface area contributed by atoms with E-state index in [0.29, 0.717) is 0 Å². The average molecular weight is 273 g/mol. The van der Waals surface area contributed by atoms with Crippen LogP contribution in [0, 0.1) is 11.7 Å². The van der Waals surface area contributed by atoms with Gasteiger partial charge in [-0.05, 0) is 51.4 Å². The maximum absolute atomic E-state index is 3.36. The molecule has 1 aromatic carbocycles. The van der Waals surface area contributed by atoms with Crippen molar-refractivity contribution in [2.45, 2.75) is 39.3 Å². The fourth-order valence-corrected chi connectivity index (χ4v) is 11.4. The minimum absolute atomic E-state index is 0.917. The number of hydrogen-bond donors (Lipinski definition) is 0. The summed E-state index contributed by atoms with van der Waals surface area (Å²) in [6.45, 7) is 14.5. The van der Waals surface area contributed by atoms with Crippen molar-refractivity contribution in [3.8, 4) is 11.7 Å². The van der Waals surface area contributed by atoms with E-state index in [1.807, 2.05) is 18.2 Å². The quantitative estimate of drug-likeness (QED) is 0.589. The molecule has 0 aliphatic heterocycles. The molecule has 0 bridgehead atoms. The molecular formula is C14H24BNSi2+. The summed E-state index contributed by atoms with van der Waals surface area (Å²) in [5.74, 6) is 6.63. The Morgan fingerprint density at radius 1 is 0.889 bits per heavy atom. The van der Waals surface area contributed by atoms with Crippen LogP contribution in [0.1, 0.15) is 5.56 Å². The van der Waals surface area contributed by atoms with Crippen molar-refractivity contribution in [3.05, 3.63) is 35.9 Å². The van der Waals surface area contributed by atoms with Gasteiger partial charge in [-0.1, -0.05) is 29.9 Å². The van der Waals surface area contributed by atoms with Crippen LogP contribution in [-0.2, 0) is 0 Å². The summed E-state index contributed by atoms with van der Waals surface area (Å²) in [4.78, 5) is 0. The topological polar surface area (TPSA) is 5.90 Å². The summed E-state index contributed by atoms with van der Waals surface area (Å²) in [6, 6.07) is 10.2. The van der Waals surface area contributed by atoms with Gasteiger partial charge in [-0.25, -0.2) is 0 Å². The summed E-state index contributed by atoms with van der Waals surface area (Å²) in [5, 5.41) is 0. The summed E-state index contributed by atoms with van der Waals surface area (Å²) in [7, 11) is -1.62. The summed E-state index contributed by atoms with van der Waals surface area (Å²) in [5.41, 5.74) is 1.11. The van der Waals surface area contributed by atoms with Crippen LogP contribution in [0.4, 0.5) is 0 Å². The molecule has 0 amide bonds. The Hall–Kier alpha value is -0.761. The van der Waals surface area contributed by atoms with Crippen molar-refractivity contribution in [1.29, 1.82) is 0 Å². The van der Waals surface area contributed by atoms with E-state index in [9.17, 15) is 0 Å². The van der Waals surface area contributed by atoms with E-state index in [-0.39, 0.29) is 0 Å². The molecule has 0 fully saturated rings. The molecule has 1 nitrogen and oxygen atoms in total. The average Bonchev–Trinajstić information content (AvgIpc) is 2.22. The van der Waals surface area contributed by atoms with Crippen LogP contribution in [0.3, 0.4) is 0 Å². The zero-order valence-corrected chi connectivity index (χ0v) is 14.5. The SMILES string of the molecule is C[Si](C)(C)[N+](BC#Cc1ccccc1)[Si](C)(C)C. The highest BCUT2D eigenvalue weighted by Gasteiger charge is 2.44. The Morgan fingerprint density at radius 2 is 1.39 bits per heavy atom. The molecule has 0 saturated carbocycles. The first-order valence-electron chi connectivity index (χ1n) is 6.53. The third-order valence-electron chi connectivity index (χ3n) is 2.86. The van der Waals surface area contributed by atoms with E-state index >= 15 is 0 Å². The first-order valence-corrected chi connectivity index (χ1v) is 13.4. The predicted octanol–water partition coefficient (Wildman–Crippen LogP) is 3.16. The maximum atomic E-state index is 3.36. The van der Waals surface area contributed by atoms with Crippen molar-refractivity contribution >= 4 is 23.9 Å². The van der Waals surface area contributed by atoms with Gasteiger partial charge in [0.1, 0.15) is 0 Å². The molecule has 0 unspecified atom stereocenters. The lowest BCUT2D eigenvalue weighted by molar-refractivity contribution is 1.15. The first kappa shape index (κ1) is 15.3.